The first-order chi connectivity index (χ1) is 14.1. The molecule has 1 saturated heterocycles. The van der Waals surface area contributed by atoms with Gasteiger partial charge in [-0.2, -0.15) is 0 Å². The molecule has 0 unspecified atom stereocenters. The fraction of sp³-hybridized carbons (Fsp3) is 0.0435. The Morgan fingerprint density at radius 2 is 1.52 bits per heavy atom. The second-order valence-electron chi connectivity index (χ2n) is 6.46. The Balaban J connectivity index is 1.47. The molecule has 0 spiro atoms. The molecule has 1 N–H and O–H groups in total. The highest BCUT2D eigenvalue weighted by Gasteiger charge is 2.33. The third-order valence-electron chi connectivity index (χ3n) is 4.42. The summed E-state index contributed by atoms with van der Waals surface area (Å²) in [6.45, 7) is -0.110. The fourth-order valence-electron chi connectivity index (χ4n) is 2.94. The normalized spacial score (nSPS) is 15.1. The number of benzene rings is 3. The van der Waals surface area contributed by atoms with E-state index in [0.29, 0.717) is 5.56 Å². The number of amides is 3. The lowest BCUT2D eigenvalue weighted by Crippen LogP contribution is -2.30. The van der Waals surface area contributed by atoms with E-state index in [1.54, 1.807) is 36.0 Å². The quantitative estimate of drug-likeness (QED) is 0.477. The second-order valence-corrected chi connectivity index (χ2v) is 7.60. The van der Waals surface area contributed by atoms with E-state index in [0.717, 1.165) is 20.3 Å². The highest BCUT2D eigenvalue weighted by atomic mass is 32.2. The fourth-order valence-corrected chi connectivity index (χ4v) is 3.77. The first-order valence-corrected chi connectivity index (χ1v) is 9.83. The SMILES string of the molecule is O=C1NC(=Cc2ccc(Sc3ccccc3)cc2)C(=O)N1Cc1ccccc1F. The van der Waals surface area contributed by atoms with Crippen molar-refractivity contribution in [2.75, 3.05) is 0 Å². The van der Waals surface area contributed by atoms with Gasteiger partial charge in [0, 0.05) is 15.4 Å². The largest absolute Gasteiger partial charge is 0.329 e. The topological polar surface area (TPSA) is 49.4 Å². The zero-order valence-electron chi connectivity index (χ0n) is 15.3. The monoisotopic (exact) mass is 404 g/mol. The molecule has 3 aromatic rings. The molecule has 0 aromatic heterocycles. The lowest BCUT2D eigenvalue weighted by molar-refractivity contribution is -0.123. The molecule has 0 radical (unpaired) electrons. The van der Waals surface area contributed by atoms with Crippen LogP contribution in [0.25, 0.3) is 6.08 Å². The zero-order valence-corrected chi connectivity index (χ0v) is 16.2. The van der Waals surface area contributed by atoms with Gasteiger partial charge in [-0.25, -0.2) is 9.18 Å². The molecule has 0 bridgehead atoms. The summed E-state index contributed by atoms with van der Waals surface area (Å²) in [5, 5.41) is 2.57. The van der Waals surface area contributed by atoms with Crippen LogP contribution in [-0.2, 0) is 11.3 Å². The molecule has 1 heterocycles. The van der Waals surface area contributed by atoms with E-state index in [2.05, 4.69) is 5.32 Å². The smallest absolute Gasteiger partial charge is 0.303 e. The molecule has 0 saturated carbocycles. The predicted octanol–water partition coefficient (Wildman–Crippen LogP) is 5.07. The number of hydrogen-bond donors (Lipinski definition) is 1. The number of nitrogens with zero attached hydrogens (tertiary/aromatic N) is 1. The highest BCUT2D eigenvalue weighted by molar-refractivity contribution is 7.99. The zero-order chi connectivity index (χ0) is 20.2. The van der Waals surface area contributed by atoms with Crippen molar-refractivity contribution in [3.05, 3.63) is 102 Å². The summed E-state index contributed by atoms with van der Waals surface area (Å²) >= 11 is 1.64. The van der Waals surface area contributed by atoms with E-state index in [1.807, 2.05) is 54.6 Å². The number of imide groups is 1. The summed E-state index contributed by atoms with van der Waals surface area (Å²) < 4.78 is 13.8. The Labute approximate surface area is 172 Å². The third-order valence-corrected chi connectivity index (χ3v) is 5.43. The standard InChI is InChI=1S/C23H17FN2O2S/c24-20-9-5-4-6-17(20)15-26-22(27)21(25-23(26)28)14-16-10-12-19(13-11-16)29-18-7-2-1-3-8-18/h1-14H,15H2,(H,25,28). The van der Waals surface area contributed by atoms with Gasteiger partial charge in [0.2, 0.25) is 0 Å². The first-order valence-electron chi connectivity index (χ1n) is 9.01. The number of hydrogen-bond acceptors (Lipinski definition) is 3. The van der Waals surface area contributed by atoms with Gasteiger partial charge in [0.25, 0.3) is 5.91 Å². The minimum atomic E-state index is -0.555. The molecule has 144 valence electrons. The minimum Gasteiger partial charge on any atom is -0.303 e. The second kappa shape index (κ2) is 8.32. The van der Waals surface area contributed by atoms with Crippen molar-refractivity contribution in [1.29, 1.82) is 0 Å². The molecule has 1 aliphatic rings. The average Bonchev–Trinajstić information content (AvgIpc) is 2.99. The molecule has 3 aromatic carbocycles. The molecule has 0 aliphatic carbocycles. The lowest BCUT2D eigenvalue weighted by atomic mass is 10.2. The van der Waals surface area contributed by atoms with Crippen LogP contribution in [0, 0.1) is 5.82 Å². The Morgan fingerprint density at radius 1 is 0.862 bits per heavy atom. The van der Waals surface area contributed by atoms with Gasteiger partial charge in [-0.3, -0.25) is 9.69 Å². The van der Waals surface area contributed by atoms with Crippen LogP contribution in [-0.4, -0.2) is 16.8 Å². The lowest BCUT2D eigenvalue weighted by Gasteiger charge is -2.12. The number of nitrogens with one attached hydrogen (secondary N) is 1. The highest BCUT2D eigenvalue weighted by Crippen LogP contribution is 2.28. The van der Waals surface area contributed by atoms with Crippen LogP contribution in [0.15, 0.2) is 94.4 Å². The summed E-state index contributed by atoms with van der Waals surface area (Å²) in [4.78, 5) is 28.0. The van der Waals surface area contributed by atoms with Crippen molar-refractivity contribution < 1.29 is 14.0 Å². The van der Waals surface area contributed by atoms with Crippen LogP contribution in [0.1, 0.15) is 11.1 Å². The van der Waals surface area contributed by atoms with Gasteiger partial charge >= 0.3 is 6.03 Å². The maximum atomic E-state index is 13.8. The maximum absolute atomic E-state index is 13.8. The van der Waals surface area contributed by atoms with Crippen LogP contribution in [0.3, 0.4) is 0 Å². The van der Waals surface area contributed by atoms with E-state index in [9.17, 15) is 14.0 Å². The molecule has 0 atom stereocenters. The van der Waals surface area contributed by atoms with Crippen LogP contribution in [0.2, 0.25) is 0 Å². The van der Waals surface area contributed by atoms with Gasteiger partial charge in [0.05, 0.1) is 6.54 Å². The number of carbonyl (C=O) groups is 2. The number of carbonyl (C=O) groups excluding carboxylic acids is 2. The van der Waals surface area contributed by atoms with Gasteiger partial charge in [-0.05, 0) is 42.0 Å². The van der Waals surface area contributed by atoms with Crippen molar-refractivity contribution in [1.82, 2.24) is 10.2 Å². The summed E-state index contributed by atoms with van der Waals surface area (Å²) in [6.07, 6.45) is 1.62. The molecule has 3 amide bonds. The van der Waals surface area contributed by atoms with Gasteiger partial charge < -0.3 is 5.32 Å². The van der Waals surface area contributed by atoms with Crippen LogP contribution in [0.4, 0.5) is 9.18 Å². The van der Waals surface area contributed by atoms with Gasteiger partial charge in [-0.1, -0.05) is 60.3 Å². The summed E-state index contributed by atoms with van der Waals surface area (Å²) in [6, 6.07) is 23.3. The van der Waals surface area contributed by atoms with E-state index in [-0.39, 0.29) is 12.2 Å². The van der Waals surface area contributed by atoms with E-state index in [4.69, 9.17) is 0 Å². The summed E-state index contributed by atoms with van der Waals surface area (Å²) in [5.74, 6) is -0.918. The molecule has 6 heteroatoms. The molecule has 4 rings (SSSR count). The number of halogens is 1. The van der Waals surface area contributed by atoms with Crippen molar-refractivity contribution in [2.45, 2.75) is 16.3 Å². The Hall–Kier alpha value is -3.38. The van der Waals surface area contributed by atoms with Crippen molar-refractivity contribution in [2.24, 2.45) is 0 Å². The van der Waals surface area contributed by atoms with Gasteiger partial charge in [-0.15, -0.1) is 0 Å². The van der Waals surface area contributed by atoms with Crippen molar-refractivity contribution >= 4 is 29.8 Å². The Morgan fingerprint density at radius 3 is 2.24 bits per heavy atom. The van der Waals surface area contributed by atoms with Crippen LogP contribution in [0.5, 0.6) is 0 Å². The van der Waals surface area contributed by atoms with Crippen molar-refractivity contribution in [3.63, 3.8) is 0 Å². The Bertz CT molecular complexity index is 1080. The van der Waals surface area contributed by atoms with Crippen LogP contribution < -0.4 is 5.32 Å². The van der Waals surface area contributed by atoms with Crippen molar-refractivity contribution in [3.8, 4) is 0 Å². The molecular weight excluding hydrogens is 387 g/mol. The third kappa shape index (κ3) is 4.38. The molecule has 1 aliphatic heterocycles. The Kier molecular flexibility index (Phi) is 5.44. The first kappa shape index (κ1) is 19.0. The molecule has 1 fully saturated rings. The van der Waals surface area contributed by atoms with Crippen LogP contribution >= 0.6 is 11.8 Å². The molecule has 4 nitrogen and oxygen atoms in total. The molecular formula is C23H17FN2O2S. The van der Waals surface area contributed by atoms with E-state index in [1.165, 1.54) is 6.07 Å². The summed E-state index contributed by atoms with van der Waals surface area (Å²) in [7, 11) is 0. The number of urea groups is 1. The van der Waals surface area contributed by atoms with Gasteiger partial charge in [0.1, 0.15) is 11.5 Å². The van der Waals surface area contributed by atoms with E-state index < -0.39 is 17.8 Å². The predicted molar refractivity (Wildman–Crippen MR) is 110 cm³/mol. The number of rotatable bonds is 5. The molecule has 29 heavy (non-hydrogen) atoms. The minimum absolute atomic E-state index is 0.110. The summed E-state index contributed by atoms with van der Waals surface area (Å²) in [5.41, 5.74) is 1.26. The van der Waals surface area contributed by atoms with Gasteiger partial charge in [0.15, 0.2) is 0 Å². The average molecular weight is 404 g/mol. The van der Waals surface area contributed by atoms with E-state index >= 15 is 0 Å². The maximum Gasteiger partial charge on any atom is 0.329 e.